The van der Waals surface area contributed by atoms with Gasteiger partial charge in [0, 0.05) is 37.3 Å². The standard InChI is InChI=1S/C30H31F3N4O4S/c1-18(2)27-30(12-15-36(16-13-30)19(3)38)24-17-21(35-29(39)23-5-4-14-34-26(23)28(32)33)8-11-25(24)37(27)42(40,41)22-9-6-20(31)7-10-22/h4-11,14,17-18,27-28H,12-13,15-16H2,1-3H3,(H,35,39). The Balaban J connectivity index is 1.62. The molecule has 2 aliphatic heterocycles. The van der Waals surface area contributed by atoms with Gasteiger partial charge in [-0.3, -0.25) is 18.9 Å². The van der Waals surface area contributed by atoms with Crippen LogP contribution in [0, 0.1) is 11.7 Å². The van der Waals surface area contributed by atoms with E-state index in [0.717, 1.165) is 12.1 Å². The van der Waals surface area contributed by atoms with Crippen molar-refractivity contribution >= 4 is 33.2 Å². The molecule has 2 aliphatic rings. The minimum atomic E-state index is -4.16. The van der Waals surface area contributed by atoms with Gasteiger partial charge in [-0.1, -0.05) is 13.8 Å². The predicted molar refractivity (Wildman–Crippen MR) is 151 cm³/mol. The number of carbonyl (C=O) groups is 2. The van der Waals surface area contributed by atoms with E-state index in [-0.39, 0.29) is 22.3 Å². The van der Waals surface area contributed by atoms with Crippen molar-refractivity contribution in [3.05, 3.63) is 83.4 Å². The van der Waals surface area contributed by atoms with Crippen LogP contribution in [0.15, 0.2) is 65.7 Å². The molecule has 0 bridgehead atoms. The van der Waals surface area contributed by atoms with Gasteiger partial charge >= 0.3 is 0 Å². The smallest absolute Gasteiger partial charge is 0.281 e. The van der Waals surface area contributed by atoms with Crippen molar-refractivity contribution in [2.45, 2.75) is 56.4 Å². The van der Waals surface area contributed by atoms with Crippen LogP contribution in [0.1, 0.15) is 61.7 Å². The molecule has 1 atom stereocenters. The highest BCUT2D eigenvalue weighted by Gasteiger charge is 2.56. The lowest BCUT2D eigenvalue weighted by molar-refractivity contribution is -0.130. The van der Waals surface area contributed by atoms with Gasteiger partial charge in [0.15, 0.2) is 0 Å². The van der Waals surface area contributed by atoms with E-state index in [0.29, 0.717) is 42.9 Å². The number of rotatable bonds is 6. The van der Waals surface area contributed by atoms with Gasteiger partial charge in [-0.05, 0) is 78.9 Å². The number of aromatic nitrogens is 1. The van der Waals surface area contributed by atoms with Crippen LogP contribution in [0.2, 0.25) is 0 Å². The lowest BCUT2D eigenvalue weighted by Gasteiger charge is -2.46. The first kappa shape index (κ1) is 29.6. The minimum absolute atomic E-state index is 0.0628. The third-order valence-electron chi connectivity index (χ3n) is 8.24. The van der Waals surface area contributed by atoms with Crippen LogP contribution >= 0.6 is 0 Å². The summed E-state index contributed by atoms with van der Waals surface area (Å²) in [6, 6.07) is 11.6. The monoisotopic (exact) mass is 600 g/mol. The normalized spacial score (nSPS) is 18.0. The summed E-state index contributed by atoms with van der Waals surface area (Å²) in [5.74, 6) is -1.58. The summed E-state index contributed by atoms with van der Waals surface area (Å²) in [6.45, 7) is 6.17. The molecule has 8 nitrogen and oxygen atoms in total. The Hall–Kier alpha value is -3.93. The van der Waals surface area contributed by atoms with Crippen LogP contribution in [-0.4, -0.2) is 49.2 Å². The Morgan fingerprint density at radius 1 is 1.05 bits per heavy atom. The summed E-state index contributed by atoms with van der Waals surface area (Å²) in [6.07, 6.45) is -0.827. The number of nitrogens with zero attached hydrogens (tertiary/aromatic N) is 3. The first-order valence-electron chi connectivity index (χ1n) is 13.6. The molecule has 1 saturated heterocycles. The molecule has 2 aromatic carbocycles. The molecule has 222 valence electrons. The molecule has 1 N–H and O–H groups in total. The maximum atomic E-state index is 14.2. The van der Waals surface area contributed by atoms with Crippen molar-refractivity contribution in [2.24, 2.45) is 5.92 Å². The fourth-order valence-electron chi connectivity index (χ4n) is 6.41. The molecule has 0 saturated carbocycles. The van der Waals surface area contributed by atoms with Gasteiger partial charge in [-0.2, -0.15) is 0 Å². The lowest BCUT2D eigenvalue weighted by atomic mass is 9.66. The van der Waals surface area contributed by atoms with Crippen molar-refractivity contribution in [3.8, 4) is 0 Å². The second-order valence-electron chi connectivity index (χ2n) is 11.0. The Bertz CT molecular complexity index is 1620. The van der Waals surface area contributed by atoms with E-state index in [1.807, 2.05) is 13.8 Å². The van der Waals surface area contributed by atoms with Crippen molar-refractivity contribution in [1.29, 1.82) is 0 Å². The Morgan fingerprint density at radius 2 is 1.71 bits per heavy atom. The van der Waals surface area contributed by atoms with Crippen LogP contribution in [0.25, 0.3) is 0 Å². The quantitative estimate of drug-likeness (QED) is 0.402. The van der Waals surface area contributed by atoms with Crippen molar-refractivity contribution in [2.75, 3.05) is 22.7 Å². The SMILES string of the molecule is CC(=O)N1CCC2(CC1)c1cc(NC(=O)c3cccnc3C(F)F)ccc1N(S(=O)(=O)c1ccc(F)cc1)C2C(C)C. The van der Waals surface area contributed by atoms with Gasteiger partial charge < -0.3 is 10.2 Å². The van der Waals surface area contributed by atoms with Crippen LogP contribution in [0.4, 0.5) is 24.5 Å². The number of amides is 2. The van der Waals surface area contributed by atoms with E-state index < -0.39 is 45.3 Å². The largest absolute Gasteiger partial charge is 0.343 e. The summed E-state index contributed by atoms with van der Waals surface area (Å²) in [5, 5.41) is 2.68. The lowest BCUT2D eigenvalue weighted by Crippen LogP contribution is -2.55. The van der Waals surface area contributed by atoms with Crippen LogP contribution in [0.5, 0.6) is 0 Å². The van der Waals surface area contributed by atoms with Crippen LogP contribution in [0.3, 0.4) is 0 Å². The number of anilines is 2. The molecular formula is C30H31F3N4O4S. The average Bonchev–Trinajstić information content (AvgIpc) is 3.23. The summed E-state index contributed by atoms with van der Waals surface area (Å²) in [5.41, 5.74) is -0.223. The molecule has 5 rings (SSSR count). The Kier molecular flexibility index (Phi) is 7.78. The number of carbonyl (C=O) groups excluding carboxylic acids is 2. The van der Waals surface area contributed by atoms with Crippen molar-refractivity contribution in [1.82, 2.24) is 9.88 Å². The fourth-order valence-corrected chi connectivity index (χ4v) is 8.28. The van der Waals surface area contributed by atoms with E-state index in [1.165, 1.54) is 47.8 Å². The topological polar surface area (TPSA) is 99.7 Å². The first-order chi connectivity index (χ1) is 19.9. The van der Waals surface area contributed by atoms with Gasteiger partial charge in [0.25, 0.3) is 22.4 Å². The van der Waals surface area contributed by atoms with Gasteiger partial charge in [0.1, 0.15) is 11.5 Å². The number of nitrogens with one attached hydrogen (secondary N) is 1. The molecule has 0 radical (unpaired) electrons. The molecule has 3 heterocycles. The fraction of sp³-hybridized carbons (Fsp3) is 0.367. The molecule has 2 amide bonds. The second kappa shape index (κ2) is 11.0. The van der Waals surface area contributed by atoms with E-state index in [1.54, 1.807) is 17.0 Å². The number of hydrogen-bond donors (Lipinski definition) is 1. The molecule has 0 aliphatic carbocycles. The van der Waals surface area contributed by atoms with E-state index in [9.17, 15) is 31.2 Å². The molecule has 42 heavy (non-hydrogen) atoms. The molecular weight excluding hydrogens is 569 g/mol. The molecule has 3 aromatic rings. The number of piperidine rings is 1. The maximum Gasteiger partial charge on any atom is 0.281 e. The predicted octanol–water partition coefficient (Wildman–Crippen LogP) is 5.52. The first-order valence-corrected chi connectivity index (χ1v) is 15.1. The number of alkyl halides is 2. The van der Waals surface area contributed by atoms with Gasteiger partial charge in [-0.25, -0.2) is 21.6 Å². The average molecular weight is 601 g/mol. The molecule has 1 unspecified atom stereocenters. The summed E-state index contributed by atoms with van der Waals surface area (Å²) in [7, 11) is -4.16. The zero-order valence-corrected chi connectivity index (χ0v) is 24.2. The van der Waals surface area contributed by atoms with E-state index >= 15 is 0 Å². The number of likely N-dealkylation sites (tertiary alicyclic amines) is 1. The highest BCUT2D eigenvalue weighted by Crippen LogP contribution is 2.55. The van der Waals surface area contributed by atoms with E-state index in [2.05, 4.69) is 10.3 Å². The number of hydrogen-bond acceptors (Lipinski definition) is 5. The maximum absolute atomic E-state index is 14.2. The Morgan fingerprint density at radius 3 is 2.31 bits per heavy atom. The molecule has 12 heteroatoms. The van der Waals surface area contributed by atoms with Crippen molar-refractivity contribution in [3.63, 3.8) is 0 Å². The van der Waals surface area contributed by atoms with Gasteiger partial charge in [0.2, 0.25) is 5.91 Å². The molecule has 1 spiro atoms. The highest BCUT2D eigenvalue weighted by atomic mass is 32.2. The number of fused-ring (bicyclic) bond motifs is 2. The van der Waals surface area contributed by atoms with E-state index in [4.69, 9.17) is 0 Å². The Labute approximate surface area is 242 Å². The van der Waals surface area contributed by atoms with Gasteiger partial charge in [-0.15, -0.1) is 0 Å². The van der Waals surface area contributed by atoms with Gasteiger partial charge in [0.05, 0.1) is 22.2 Å². The zero-order chi connectivity index (χ0) is 30.4. The third kappa shape index (κ3) is 5.01. The van der Waals surface area contributed by atoms with Crippen LogP contribution in [-0.2, 0) is 20.2 Å². The number of sulfonamides is 1. The highest BCUT2D eigenvalue weighted by molar-refractivity contribution is 7.92. The summed E-state index contributed by atoms with van der Waals surface area (Å²) >= 11 is 0. The summed E-state index contributed by atoms with van der Waals surface area (Å²) < 4.78 is 70.5. The zero-order valence-electron chi connectivity index (χ0n) is 23.4. The summed E-state index contributed by atoms with van der Waals surface area (Å²) in [4.78, 5) is 30.5. The third-order valence-corrected chi connectivity index (χ3v) is 10.0. The number of halogens is 3. The number of pyridine rings is 1. The minimum Gasteiger partial charge on any atom is -0.343 e. The molecule has 1 fully saturated rings. The molecule has 1 aromatic heterocycles. The van der Waals surface area contributed by atoms with Crippen LogP contribution < -0.4 is 9.62 Å². The van der Waals surface area contributed by atoms with Crippen molar-refractivity contribution < 1.29 is 31.2 Å². The second-order valence-corrected chi connectivity index (χ2v) is 12.8. The number of benzene rings is 2.